The summed E-state index contributed by atoms with van der Waals surface area (Å²) in [5.74, 6) is 3.48. The lowest BCUT2D eigenvalue weighted by molar-refractivity contribution is 0.0409. The summed E-state index contributed by atoms with van der Waals surface area (Å²) in [5, 5.41) is 0. The van der Waals surface area contributed by atoms with Crippen molar-refractivity contribution in [3.63, 3.8) is 0 Å². The van der Waals surface area contributed by atoms with Crippen LogP contribution in [-0.2, 0) is 0 Å². The summed E-state index contributed by atoms with van der Waals surface area (Å²) in [7, 11) is 0. The normalized spacial score (nSPS) is 22.2. The molecule has 2 aliphatic carbocycles. The minimum atomic E-state index is 0.655. The number of ether oxygens (including phenoxy) is 1. The SMILES string of the molecule is CCCCCC1([C@H]2CC[C@H](C(C)c3ccc(-c4ccc(OCCCC)cc4C)cc3C)CC2)CCCCC1. The molecule has 2 aliphatic rings. The predicted molar refractivity (Wildman–Crippen MR) is 165 cm³/mol. The van der Waals surface area contributed by atoms with Gasteiger partial charge in [0.2, 0.25) is 0 Å². The van der Waals surface area contributed by atoms with Crippen LogP contribution in [0.2, 0.25) is 0 Å². The van der Waals surface area contributed by atoms with Crippen LogP contribution in [0.5, 0.6) is 5.75 Å². The summed E-state index contributed by atoms with van der Waals surface area (Å²) in [6, 6.07) is 13.8. The molecule has 4 rings (SSSR count). The number of benzene rings is 2. The molecule has 0 amide bonds. The lowest BCUT2D eigenvalue weighted by Crippen LogP contribution is -2.36. The molecule has 0 N–H and O–H groups in total. The van der Waals surface area contributed by atoms with Crippen molar-refractivity contribution in [1.29, 1.82) is 0 Å². The topological polar surface area (TPSA) is 9.23 Å². The molecule has 0 heterocycles. The molecule has 1 heteroatoms. The standard InChI is InChI=1S/C37H56O/c1-6-8-11-22-37(23-12-10-13-24-37)33-17-14-31(15-18-33)30(5)35-20-16-32(26-28(35)3)36-21-19-34(27-29(36)4)38-25-9-7-2/h16,19-21,26-27,30-31,33H,6-15,17-18,22-25H2,1-5H3/t30?,31-,33-. The molecule has 2 fully saturated rings. The van der Waals surface area contributed by atoms with Gasteiger partial charge in [-0.1, -0.05) is 90.0 Å². The Bertz CT molecular complexity index is 990. The summed E-state index contributed by atoms with van der Waals surface area (Å²) in [4.78, 5) is 0. The molecule has 0 bridgehead atoms. The van der Waals surface area contributed by atoms with Crippen LogP contribution in [-0.4, -0.2) is 6.61 Å². The van der Waals surface area contributed by atoms with E-state index in [1.807, 2.05) is 0 Å². The van der Waals surface area contributed by atoms with Gasteiger partial charge in [0.05, 0.1) is 6.61 Å². The van der Waals surface area contributed by atoms with Gasteiger partial charge in [-0.25, -0.2) is 0 Å². The van der Waals surface area contributed by atoms with Crippen molar-refractivity contribution in [2.45, 2.75) is 137 Å². The smallest absolute Gasteiger partial charge is 0.119 e. The zero-order valence-electron chi connectivity index (χ0n) is 25.4. The fourth-order valence-electron chi connectivity index (χ4n) is 8.07. The van der Waals surface area contributed by atoms with Gasteiger partial charge in [0.1, 0.15) is 5.75 Å². The highest BCUT2D eigenvalue weighted by Crippen LogP contribution is 2.53. The lowest BCUT2D eigenvalue weighted by Gasteiger charge is -2.47. The molecule has 2 saturated carbocycles. The molecular formula is C37H56O. The molecular weight excluding hydrogens is 460 g/mol. The van der Waals surface area contributed by atoms with Gasteiger partial charge < -0.3 is 4.74 Å². The van der Waals surface area contributed by atoms with Crippen LogP contribution < -0.4 is 4.74 Å². The van der Waals surface area contributed by atoms with E-state index in [1.165, 1.54) is 112 Å². The highest BCUT2D eigenvalue weighted by Gasteiger charge is 2.41. The van der Waals surface area contributed by atoms with Gasteiger partial charge >= 0.3 is 0 Å². The van der Waals surface area contributed by atoms with E-state index in [4.69, 9.17) is 4.74 Å². The average Bonchev–Trinajstić information content (AvgIpc) is 2.94. The van der Waals surface area contributed by atoms with Crippen LogP contribution in [0.1, 0.15) is 140 Å². The van der Waals surface area contributed by atoms with Crippen molar-refractivity contribution in [3.8, 4) is 16.9 Å². The van der Waals surface area contributed by atoms with E-state index in [-0.39, 0.29) is 0 Å². The Balaban J connectivity index is 1.39. The molecule has 1 atom stereocenters. The van der Waals surface area contributed by atoms with Crippen molar-refractivity contribution < 1.29 is 4.74 Å². The fraction of sp³-hybridized carbons (Fsp3) is 0.676. The Morgan fingerprint density at radius 3 is 2.21 bits per heavy atom. The number of unbranched alkanes of at least 4 members (excludes halogenated alkanes) is 3. The van der Waals surface area contributed by atoms with E-state index in [0.717, 1.165) is 30.6 Å². The van der Waals surface area contributed by atoms with E-state index in [2.05, 4.69) is 71.0 Å². The number of rotatable bonds is 12. The molecule has 0 aliphatic heterocycles. The van der Waals surface area contributed by atoms with Gasteiger partial charge in [0, 0.05) is 0 Å². The number of aryl methyl sites for hydroxylation is 2. The van der Waals surface area contributed by atoms with Crippen LogP contribution in [0.3, 0.4) is 0 Å². The minimum absolute atomic E-state index is 0.655. The molecule has 1 unspecified atom stereocenters. The molecule has 38 heavy (non-hydrogen) atoms. The Hall–Kier alpha value is -1.76. The quantitative estimate of drug-likeness (QED) is 0.255. The third-order valence-corrected chi connectivity index (χ3v) is 10.5. The minimum Gasteiger partial charge on any atom is -0.494 e. The van der Waals surface area contributed by atoms with Crippen molar-refractivity contribution in [2.24, 2.45) is 17.3 Å². The van der Waals surface area contributed by atoms with E-state index < -0.39 is 0 Å². The first-order valence-electron chi connectivity index (χ1n) is 16.3. The molecule has 0 radical (unpaired) electrons. The van der Waals surface area contributed by atoms with Crippen molar-refractivity contribution in [1.82, 2.24) is 0 Å². The summed E-state index contributed by atoms with van der Waals surface area (Å²) in [5.41, 5.74) is 7.69. The fourth-order valence-corrected chi connectivity index (χ4v) is 8.07. The third-order valence-electron chi connectivity index (χ3n) is 10.5. The summed E-state index contributed by atoms with van der Waals surface area (Å²) < 4.78 is 5.94. The van der Waals surface area contributed by atoms with E-state index >= 15 is 0 Å². The summed E-state index contributed by atoms with van der Waals surface area (Å²) in [6.07, 6.45) is 21.4. The van der Waals surface area contributed by atoms with Crippen LogP contribution in [0.15, 0.2) is 36.4 Å². The van der Waals surface area contributed by atoms with Gasteiger partial charge in [0.15, 0.2) is 0 Å². The molecule has 0 saturated heterocycles. The molecule has 210 valence electrons. The van der Waals surface area contributed by atoms with Crippen LogP contribution in [0, 0.1) is 31.1 Å². The van der Waals surface area contributed by atoms with Gasteiger partial charge in [-0.15, -0.1) is 0 Å². The van der Waals surface area contributed by atoms with Crippen LogP contribution >= 0.6 is 0 Å². The molecule has 0 spiro atoms. The first-order chi connectivity index (χ1) is 18.5. The predicted octanol–water partition coefficient (Wildman–Crippen LogP) is 11.6. The molecule has 0 aromatic heterocycles. The average molecular weight is 517 g/mol. The first-order valence-corrected chi connectivity index (χ1v) is 16.3. The highest BCUT2D eigenvalue weighted by molar-refractivity contribution is 5.69. The largest absolute Gasteiger partial charge is 0.494 e. The monoisotopic (exact) mass is 516 g/mol. The van der Waals surface area contributed by atoms with Crippen molar-refractivity contribution in [3.05, 3.63) is 53.1 Å². The van der Waals surface area contributed by atoms with Crippen molar-refractivity contribution in [2.75, 3.05) is 6.61 Å². The Kier molecular flexibility index (Phi) is 10.8. The second-order valence-corrected chi connectivity index (χ2v) is 13.0. The number of hydrogen-bond donors (Lipinski definition) is 0. The van der Waals surface area contributed by atoms with Crippen LogP contribution in [0.25, 0.3) is 11.1 Å². The maximum Gasteiger partial charge on any atom is 0.119 e. The Morgan fingerprint density at radius 2 is 1.55 bits per heavy atom. The third kappa shape index (κ3) is 7.05. The lowest BCUT2D eigenvalue weighted by atomic mass is 9.58. The maximum absolute atomic E-state index is 5.94. The van der Waals surface area contributed by atoms with E-state index in [0.29, 0.717) is 11.3 Å². The van der Waals surface area contributed by atoms with Crippen molar-refractivity contribution >= 4 is 0 Å². The van der Waals surface area contributed by atoms with E-state index in [9.17, 15) is 0 Å². The number of hydrogen-bond acceptors (Lipinski definition) is 1. The van der Waals surface area contributed by atoms with E-state index in [1.54, 1.807) is 5.56 Å². The second-order valence-electron chi connectivity index (χ2n) is 13.0. The van der Waals surface area contributed by atoms with Gasteiger partial charge in [-0.2, -0.15) is 0 Å². The zero-order valence-corrected chi connectivity index (χ0v) is 25.4. The summed E-state index contributed by atoms with van der Waals surface area (Å²) >= 11 is 0. The molecule has 2 aromatic rings. The molecule has 2 aromatic carbocycles. The summed E-state index contributed by atoms with van der Waals surface area (Å²) in [6.45, 7) is 12.4. The second kappa shape index (κ2) is 14.0. The Morgan fingerprint density at radius 1 is 0.816 bits per heavy atom. The molecule has 1 nitrogen and oxygen atoms in total. The van der Waals surface area contributed by atoms with Gasteiger partial charge in [0.25, 0.3) is 0 Å². The highest BCUT2D eigenvalue weighted by atomic mass is 16.5. The van der Waals surface area contributed by atoms with Gasteiger partial charge in [-0.3, -0.25) is 0 Å². The maximum atomic E-state index is 5.94. The Labute approximate surface area is 235 Å². The van der Waals surface area contributed by atoms with Gasteiger partial charge in [-0.05, 0) is 128 Å². The van der Waals surface area contributed by atoms with Crippen LogP contribution in [0.4, 0.5) is 0 Å². The first kappa shape index (κ1) is 29.2. The zero-order chi connectivity index (χ0) is 27.0.